The van der Waals surface area contributed by atoms with Crippen molar-refractivity contribution >= 4 is 34.3 Å². The van der Waals surface area contributed by atoms with E-state index in [1.165, 1.54) is 0 Å². The molecular formula is C13H13ClO2S. The van der Waals surface area contributed by atoms with E-state index in [0.717, 1.165) is 17.3 Å². The lowest BCUT2D eigenvalue weighted by atomic mass is 9.95. The number of rotatable bonds is 3. The predicted molar refractivity (Wildman–Crippen MR) is 70.3 cm³/mol. The molecule has 2 atom stereocenters. The molecule has 1 saturated heterocycles. The molecule has 2 rings (SSSR count). The molecule has 90 valence electrons. The van der Waals surface area contributed by atoms with Gasteiger partial charge in [0, 0.05) is 5.02 Å². The van der Waals surface area contributed by atoms with E-state index >= 15 is 0 Å². The third-order valence-electron chi connectivity index (χ3n) is 2.98. The molecule has 0 aromatic heterocycles. The largest absolute Gasteiger partial charge is 0.298 e. The van der Waals surface area contributed by atoms with Crippen LogP contribution in [0.2, 0.25) is 5.02 Å². The number of benzene rings is 1. The third-order valence-corrected chi connectivity index (χ3v) is 4.45. The average Bonchev–Trinajstić information content (AvgIpc) is 2.53. The van der Waals surface area contributed by atoms with E-state index in [1.54, 1.807) is 6.92 Å². The maximum atomic E-state index is 11.7. The summed E-state index contributed by atoms with van der Waals surface area (Å²) < 4.78 is 0. The zero-order valence-electron chi connectivity index (χ0n) is 9.48. The van der Waals surface area contributed by atoms with Crippen LogP contribution in [-0.2, 0) is 16.0 Å². The summed E-state index contributed by atoms with van der Waals surface area (Å²) in [5, 5.41) is 0.527. The Morgan fingerprint density at radius 1 is 1.29 bits per heavy atom. The zero-order chi connectivity index (χ0) is 12.4. The summed E-state index contributed by atoms with van der Waals surface area (Å²) in [5.74, 6) is -0.377. The molecule has 0 aliphatic carbocycles. The summed E-state index contributed by atoms with van der Waals surface area (Å²) >= 11 is 7.19. The number of halogens is 1. The van der Waals surface area contributed by atoms with Gasteiger partial charge in [-0.05, 0) is 31.4 Å². The van der Waals surface area contributed by atoms with Crippen LogP contribution in [0.3, 0.4) is 0 Å². The fraction of sp³-hybridized carbons (Fsp3) is 0.385. The Kier molecular flexibility index (Phi) is 3.89. The number of carbonyl (C=O) groups is 2. The first-order valence-corrected chi connectivity index (χ1v) is 6.83. The van der Waals surface area contributed by atoms with Crippen LogP contribution >= 0.6 is 23.4 Å². The molecule has 1 aliphatic rings. The van der Waals surface area contributed by atoms with Gasteiger partial charge < -0.3 is 0 Å². The van der Waals surface area contributed by atoms with Crippen molar-refractivity contribution in [3.05, 3.63) is 34.9 Å². The van der Waals surface area contributed by atoms with Gasteiger partial charge in [-0.1, -0.05) is 41.6 Å². The highest BCUT2D eigenvalue weighted by Crippen LogP contribution is 2.32. The summed E-state index contributed by atoms with van der Waals surface area (Å²) in [6.45, 7) is 1.79. The molecule has 0 bridgehead atoms. The van der Waals surface area contributed by atoms with Crippen molar-refractivity contribution in [1.29, 1.82) is 0 Å². The highest BCUT2D eigenvalue weighted by atomic mass is 35.5. The van der Waals surface area contributed by atoms with Crippen molar-refractivity contribution in [2.24, 2.45) is 5.92 Å². The van der Waals surface area contributed by atoms with Gasteiger partial charge in [-0.25, -0.2) is 0 Å². The third kappa shape index (κ3) is 2.72. The molecule has 0 amide bonds. The molecule has 17 heavy (non-hydrogen) atoms. The maximum absolute atomic E-state index is 11.7. The van der Waals surface area contributed by atoms with Gasteiger partial charge in [0.05, 0.1) is 11.2 Å². The van der Waals surface area contributed by atoms with Gasteiger partial charge in [0.15, 0.2) is 10.9 Å². The maximum Gasteiger partial charge on any atom is 0.200 e. The Balaban J connectivity index is 2.02. The number of hydrogen-bond donors (Lipinski definition) is 0. The quantitative estimate of drug-likeness (QED) is 0.790. The molecule has 2 nitrogen and oxygen atoms in total. The molecule has 2 unspecified atom stereocenters. The average molecular weight is 269 g/mol. The second kappa shape index (κ2) is 5.23. The monoisotopic (exact) mass is 268 g/mol. The van der Waals surface area contributed by atoms with E-state index in [-0.39, 0.29) is 16.1 Å². The Labute approximate surface area is 110 Å². The van der Waals surface area contributed by atoms with Crippen LogP contribution in [0.15, 0.2) is 24.3 Å². The van der Waals surface area contributed by atoms with E-state index in [0.29, 0.717) is 17.9 Å². The van der Waals surface area contributed by atoms with Crippen LogP contribution in [0.1, 0.15) is 18.9 Å². The molecule has 1 heterocycles. The molecule has 0 spiro atoms. The fourth-order valence-corrected chi connectivity index (χ4v) is 3.23. The van der Waals surface area contributed by atoms with E-state index in [4.69, 9.17) is 11.6 Å². The minimum absolute atomic E-state index is 0.00885. The Hall–Kier alpha value is -0.800. The van der Waals surface area contributed by atoms with Gasteiger partial charge in [0.25, 0.3) is 0 Å². The minimum atomic E-state index is -0.439. The first kappa shape index (κ1) is 12.7. The van der Waals surface area contributed by atoms with Gasteiger partial charge >= 0.3 is 0 Å². The van der Waals surface area contributed by atoms with Crippen LogP contribution < -0.4 is 0 Å². The Morgan fingerprint density at radius 2 is 2.00 bits per heavy atom. The van der Waals surface area contributed by atoms with Crippen molar-refractivity contribution < 1.29 is 9.59 Å². The van der Waals surface area contributed by atoms with Crippen molar-refractivity contribution in [2.75, 3.05) is 0 Å². The van der Waals surface area contributed by atoms with Crippen LogP contribution in [0.4, 0.5) is 0 Å². The van der Waals surface area contributed by atoms with E-state index < -0.39 is 5.92 Å². The van der Waals surface area contributed by atoms with Gasteiger partial charge in [-0.15, -0.1) is 0 Å². The molecule has 4 heteroatoms. The summed E-state index contributed by atoms with van der Waals surface area (Å²) in [7, 11) is 0. The molecular weight excluding hydrogens is 256 g/mol. The van der Waals surface area contributed by atoms with Gasteiger partial charge in [0.1, 0.15) is 0 Å². The summed E-state index contributed by atoms with van der Waals surface area (Å²) in [4.78, 5) is 23.4. The molecule has 1 aromatic rings. The van der Waals surface area contributed by atoms with Crippen LogP contribution in [0.5, 0.6) is 0 Å². The Morgan fingerprint density at radius 3 is 2.59 bits per heavy atom. The minimum Gasteiger partial charge on any atom is -0.298 e. The van der Waals surface area contributed by atoms with Crippen LogP contribution in [-0.4, -0.2) is 16.1 Å². The zero-order valence-corrected chi connectivity index (χ0v) is 11.1. The molecule has 1 aromatic carbocycles. The standard InChI is InChI=1S/C13H13ClO2S/c1-8-12(15)10(13(16)17-8)7-6-9-4-2-3-5-11(9)14/h2-5,8,10H,6-7H2,1H3. The van der Waals surface area contributed by atoms with E-state index in [2.05, 4.69) is 0 Å². The number of thioether (sulfide) groups is 1. The van der Waals surface area contributed by atoms with Crippen LogP contribution in [0.25, 0.3) is 0 Å². The second-order valence-electron chi connectivity index (χ2n) is 4.16. The first-order valence-electron chi connectivity index (χ1n) is 5.57. The van der Waals surface area contributed by atoms with Crippen molar-refractivity contribution in [3.8, 4) is 0 Å². The number of ketones is 1. The van der Waals surface area contributed by atoms with E-state index in [9.17, 15) is 9.59 Å². The van der Waals surface area contributed by atoms with E-state index in [1.807, 2.05) is 24.3 Å². The van der Waals surface area contributed by atoms with Crippen molar-refractivity contribution in [3.63, 3.8) is 0 Å². The normalized spacial score (nSPS) is 24.4. The van der Waals surface area contributed by atoms with Crippen molar-refractivity contribution in [1.82, 2.24) is 0 Å². The molecule has 0 saturated carbocycles. The molecule has 1 fully saturated rings. The predicted octanol–water partition coefficient (Wildman–Crippen LogP) is 3.12. The Bertz CT molecular complexity index is 458. The lowest BCUT2D eigenvalue weighted by molar-refractivity contribution is -0.126. The lowest BCUT2D eigenvalue weighted by Gasteiger charge is -2.07. The molecule has 1 aliphatic heterocycles. The summed E-state index contributed by atoms with van der Waals surface area (Å²) in [6, 6.07) is 7.54. The lowest BCUT2D eigenvalue weighted by Crippen LogP contribution is -2.18. The highest BCUT2D eigenvalue weighted by Gasteiger charge is 2.38. The summed E-state index contributed by atoms with van der Waals surface area (Å²) in [5.41, 5.74) is 0.999. The topological polar surface area (TPSA) is 34.1 Å². The van der Waals surface area contributed by atoms with Gasteiger partial charge in [0.2, 0.25) is 0 Å². The SMILES string of the molecule is CC1SC(=O)C(CCc2ccccc2Cl)C1=O. The van der Waals surface area contributed by atoms with Gasteiger partial charge in [-0.3, -0.25) is 9.59 Å². The van der Waals surface area contributed by atoms with Crippen molar-refractivity contribution in [2.45, 2.75) is 25.0 Å². The number of aryl methyl sites for hydroxylation is 1. The van der Waals surface area contributed by atoms with Crippen LogP contribution in [0, 0.1) is 5.92 Å². The number of Topliss-reactive ketones (excluding diaryl/α,β-unsaturated/α-hetero) is 1. The number of carbonyl (C=O) groups excluding carboxylic acids is 2. The second-order valence-corrected chi connectivity index (χ2v) is 5.92. The first-order chi connectivity index (χ1) is 8.09. The molecule has 0 N–H and O–H groups in total. The summed E-state index contributed by atoms with van der Waals surface area (Å²) in [6.07, 6.45) is 1.24. The fourth-order valence-electron chi connectivity index (χ4n) is 1.98. The highest BCUT2D eigenvalue weighted by molar-refractivity contribution is 8.15. The van der Waals surface area contributed by atoms with Gasteiger partial charge in [-0.2, -0.15) is 0 Å². The smallest absolute Gasteiger partial charge is 0.200 e. The molecule has 0 radical (unpaired) electrons. The number of hydrogen-bond acceptors (Lipinski definition) is 3.